The zero-order valence-corrected chi connectivity index (χ0v) is 8.64. The average molecular weight is 205 g/mol. The van der Waals surface area contributed by atoms with Crippen molar-refractivity contribution in [2.45, 2.75) is 24.3 Å². The molecule has 0 unspecified atom stereocenters. The van der Waals surface area contributed by atoms with E-state index in [9.17, 15) is 4.79 Å². The fourth-order valence-corrected chi connectivity index (χ4v) is 2.87. The van der Waals surface area contributed by atoms with Gasteiger partial charge in [-0.2, -0.15) is 0 Å². The second-order valence-corrected chi connectivity index (χ2v) is 4.37. The van der Waals surface area contributed by atoms with Gasteiger partial charge in [-0.25, -0.2) is 9.79 Å². The van der Waals surface area contributed by atoms with Gasteiger partial charge in [0.05, 0.1) is 6.54 Å². The second kappa shape index (κ2) is 4.45. The molecule has 1 aliphatic heterocycles. The van der Waals surface area contributed by atoms with Crippen molar-refractivity contribution < 1.29 is 4.79 Å². The van der Waals surface area contributed by atoms with Crippen molar-refractivity contribution in [2.75, 3.05) is 5.75 Å². The summed E-state index contributed by atoms with van der Waals surface area (Å²) in [7, 11) is 0. The molecule has 1 aliphatic rings. The van der Waals surface area contributed by atoms with Gasteiger partial charge in [0, 0.05) is 4.90 Å². The van der Waals surface area contributed by atoms with Gasteiger partial charge in [0.1, 0.15) is 0 Å². The van der Waals surface area contributed by atoms with Crippen LogP contribution >= 0.6 is 11.8 Å². The Labute approximate surface area is 87.4 Å². The summed E-state index contributed by atoms with van der Waals surface area (Å²) in [5, 5.41) is 0. The molecule has 14 heavy (non-hydrogen) atoms. The average Bonchev–Trinajstić information content (AvgIpc) is 2.26. The molecule has 0 saturated heterocycles. The van der Waals surface area contributed by atoms with Gasteiger partial charge in [0.25, 0.3) is 0 Å². The predicted octanol–water partition coefficient (Wildman–Crippen LogP) is 2.56. The third-order valence-electron chi connectivity index (χ3n) is 2.33. The van der Waals surface area contributed by atoms with E-state index in [0.717, 1.165) is 12.0 Å². The fourth-order valence-electron chi connectivity index (χ4n) is 1.70. The third-order valence-corrected chi connectivity index (χ3v) is 3.63. The van der Waals surface area contributed by atoms with Gasteiger partial charge in [-0.15, -0.1) is 11.8 Å². The number of fused-ring (bicyclic) bond motifs is 1. The topological polar surface area (TPSA) is 29.4 Å². The minimum Gasteiger partial charge on any atom is -0.211 e. The summed E-state index contributed by atoms with van der Waals surface area (Å²) < 4.78 is 0. The summed E-state index contributed by atoms with van der Waals surface area (Å²) in [5.74, 6) is 1.18. The van der Waals surface area contributed by atoms with Crippen LogP contribution in [0.4, 0.5) is 0 Å². The van der Waals surface area contributed by atoms with Crippen LogP contribution in [0.2, 0.25) is 0 Å². The van der Waals surface area contributed by atoms with Crippen molar-refractivity contribution in [3.8, 4) is 0 Å². The van der Waals surface area contributed by atoms with E-state index in [4.69, 9.17) is 0 Å². The number of carbonyl (C=O) groups excluding carboxylic acids is 1. The molecule has 0 saturated carbocycles. The van der Waals surface area contributed by atoms with Crippen LogP contribution in [-0.4, -0.2) is 11.8 Å². The smallest absolute Gasteiger partial charge is 0.211 e. The largest absolute Gasteiger partial charge is 0.235 e. The highest BCUT2D eigenvalue weighted by Crippen LogP contribution is 2.33. The molecule has 1 heterocycles. The number of nitrogens with zero attached hydrogens (tertiary/aromatic N) is 1. The van der Waals surface area contributed by atoms with Crippen molar-refractivity contribution in [1.82, 2.24) is 0 Å². The molecule has 0 atom stereocenters. The lowest BCUT2D eigenvalue weighted by molar-refractivity contribution is 0.562. The zero-order chi connectivity index (χ0) is 9.80. The standard InChI is InChI=1S/C11H11NOS/c13-8-12-7-10-4-1-3-9-5-2-6-14-11(9)10/h1,3-4H,2,5-7H2. The lowest BCUT2D eigenvalue weighted by atomic mass is 10.1. The lowest BCUT2D eigenvalue weighted by Gasteiger charge is -2.17. The molecule has 0 N–H and O–H groups in total. The molecule has 0 aromatic heterocycles. The first-order valence-electron chi connectivity index (χ1n) is 4.69. The number of rotatable bonds is 2. The van der Waals surface area contributed by atoms with Crippen molar-refractivity contribution in [3.05, 3.63) is 29.3 Å². The Hall–Kier alpha value is -1.05. The molecule has 2 rings (SSSR count). The maximum absolute atomic E-state index is 10.0. The molecule has 72 valence electrons. The molecular weight excluding hydrogens is 194 g/mol. The number of aryl methyl sites for hydroxylation is 1. The Bertz CT molecular complexity index is 383. The first kappa shape index (κ1) is 9.50. The fraction of sp³-hybridized carbons (Fsp3) is 0.364. The number of aliphatic imine (C=N–C) groups is 1. The van der Waals surface area contributed by atoms with Crippen molar-refractivity contribution in [2.24, 2.45) is 4.99 Å². The van der Waals surface area contributed by atoms with Crippen LogP contribution in [-0.2, 0) is 17.8 Å². The van der Waals surface area contributed by atoms with E-state index in [1.54, 1.807) is 6.08 Å². The first-order valence-corrected chi connectivity index (χ1v) is 5.67. The summed E-state index contributed by atoms with van der Waals surface area (Å²) >= 11 is 1.88. The minimum absolute atomic E-state index is 0.472. The minimum atomic E-state index is 0.472. The van der Waals surface area contributed by atoms with Crippen LogP contribution in [0.5, 0.6) is 0 Å². The highest BCUT2D eigenvalue weighted by atomic mass is 32.2. The van der Waals surface area contributed by atoms with Crippen LogP contribution < -0.4 is 0 Å². The van der Waals surface area contributed by atoms with Gasteiger partial charge in [0.2, 0.25) is 6.08 Å². The maximum atomic E-state index is 10.0. The normalized spacial score (nSPS) is 14.3. The number of isocyanates is 1. The Morgan fingerprint density at radius 1 is 1.50 bits per heavy atom. The van der Waals surface area contributed by atoms with Crippen molar-refractivity contribution >= 4 is 17.8 Å². The Morgan fingerprint density at radius 2 is 2.43 bits per heavy atom. The van der Waals surface area contributed by atoms with E-state index in [0.29, 0.717) is 6.54 Å². The summed E-state index contributed by atoms with van der Waals surface area (Å²) in [6, 6.07) is 6.24. The SMILES string of the molecule is O=C=NCc1cccc2c1SCCC2. The number of thioether (sulfide) groups is 1. The van der Waals surface area contributed by atoms with E-state index in [2.05, 4.69) is 11.1 Å². The summed E-state index contributed by atoms with van der Waals surface area (Å²) in [4.78, 5) is 15.0. The van der Waals surface area contributed by atoms with Crippen LogP contribution in [0.1, 0.15) is 17.5 Å². The van der Waals surface area contributed by atoms with Gasteiger partial charge >= 0.3 is 0 Å². The van der Waals surface area contributed by atoms with Crippen LogP contribution in [0.3, 0.4) is 0 Å². The quantitative estimate of drug-likeness (QED) is 0.548. The highest BCUT2D eigenvalue weighted by Gasteiger charge is 2.12. The molecule has 2 nitrogen and oxygen atoms in total. The molecule has 0 fully saturated rings. The summed E-state index contributed by atoms with van der Waals surface area (Å²) in [5.41, 5.74) is 2.57. The number of hydrogen-bond acceptors (Lipinski definition) is 3. The van der Waals surface area contributed by atoms with Crippen molar-refractivity contribution in [1.29, 1.82) is 0 Å². The van der Waals surface area contributed by atoms with E-state index < -0.39 is 0 Å². The second-order valence-electron chi connectivity index (χ2n) is 3.26. The molecule has 1 aromatic carbocycles. The van der Waals surface area contributed by atoms with Crippen LogP contribution in [0.15, 0.2) is 28.1 Å². The number of benzene rings is 1. The summed E-state index contributed by atoms with van der Waals surface area (Å²) in [6.45, 7) is 0.472. The van der Waals surface area contributed by atoms with E-state index in [1.165, 1.54) is 22.6 Å². The van der Waals surface area contributed by atoms with Gasteiger partial charge in [-0.1, -0.05) is 18.2 Å². The van der Waals surface area contributed by atoms with Gasteiger partial charge in [-0.3, -0.25) is 0 Å². The molecule has 0 aliphatic carbocycles. The Balaban J connectivity index is 2.34. The van der Waals surface area contributed by atoms with Crippen LogP contribution in [0.25, 0.3) is 0 Å². The van der Waals surface area contributed by atoms with Gasteiger partial charge in [0.15, 0.2) is 0 Å². The Morgan fingerprint density at radius 3 is 3.29 bits per heavy atom. The molecular formula is C11H11NOS. The maximum Gasteiger partial charge on any atom is 0.235 e. The predicted molar refractivity (Wildman–Crippen MR) is 57.3 cm³/mol. The van der Waals surface area contributed by atoms with E-state index >= 15 is 0 Å². The monoisotopic (exact) mass is 205 g/mol. The van der Waals surface area contributed by atoms with E-state index in [1.807, 2.05) is 23.9 Å². The molecule has 0 spiro atoms. The van der Waals surface area contributed by atoms with E-state index in [-0.39, 0.29) is 0 Å². The Kier molecular flexibility index (Phi) is 3.02. The molecule has 0 radical (unpaired) electrons. The van der Waals surface area contributed by atoms with Crippen LogP contribution in [0, 0.1) is 0 Å². The van der Waals surface area contributed by atoms with Gasteiger partial charge < -0.3 is 0 Å². The van der Waals surface area contributed by atoms with Gasteiger partial charge in [-0.05, 0) is 29.7 Å². The third kappa shape index (κ3) is 1.89. The summed E-state index contributed by atoms with van der Waals surface area (Å²) in [6.07, 6.45) is 3.99. The van der Waals surface area contributed by atoms with Crippen molar-refractivity contribution in [3.63, 3.8) is 0 Å². The zero-order valence-electron chi connectivity index (χ0n) is 7.82. The first-order chi connectivity index (χ1) is 6.92. The molecule has 0 bridgehead atoms. The molecule has 1 aromatic rings. The molecule has 0 amide bonds. The number of hydrogen-bond donors (Lipinski definition) is 0. The highest BCUT2D eigenvalue weighted by molar-refractivity contribution is 7.99. The lowest BCUT2D eigenvalue weighted by Crippen LogP contribution is -2.01. The molecule has 3 heteroatoms.